The van der Waals surface area contributed by atoms with Gasteiger partial charge in [-0.2, -0.15) is 0 Å². The summed E-state index contributed by atoms with van der Waals surface area (Å²) in [5.74, 6) is 3.26. The van der Waals surface area contributed by atoms with Crippen LogP contribution in [0.25, 0.3) is 0 Å². The van der Waals surface area contributed by atoms with Crippen LogP contribution in [0.15, 0.2) is 27.5 Å². The molecule has 64 valence electrons. The lowest BCUT2D eigenvalue weighted by Gasteiger charge is -2.07. The average Bonchev–Trinajstić information content (AvgIpc) is 2.27. The van der Waals surface area contributed by atoms with Gasteiger partial charge < -0.3 is 0 Å². The maximum atomic E-state index is 4.32. The van der Waals surface area contributed by atoms with Crippen molar-refractivity contribution in [3.8, 4) is 0 Å². The molecule has 0 radical (unpaired) electrons. The Bertz CT molecular complexity index is 276. The molecule has 0 bridgehead atoms. The molecule has 0 saturated carbocycles. The quantitative estimate of drug-likeness (QED) is 0.596. The summed E-state index contributed by atoms with van der Waals surface area (Å²) in [7, 11) is 0. The summed E-state index contributed by atoms with van der Waals surface area (Å²) >= 11 is 0. The fourth-order valence-electron chi connectivity index (χ4n) is 1.14. The molecular formula is C10H14N2. The third-order valence-corrected chi connectivity index (χ3v) is 1.74. The molecule has 2 nitrogen and oxygen atoms in total. The van der Waals surface area contributed by atoms with E-state index in [1.54, 1.807) is 12.3 Å². The van der Waals surface area contributed by atoms with Crippen LogP contribution in [0.2, 0.25) is 0 Å². The van der Waals surface area contributed by atoms with Crippen molar-refractivity contribution in [2.45, 2.75) is 27.2 Å². The highest BCUT2D eigenvalue weighted by molar-refractivity contribution is 5.84. The third-order valence-electron chi connectivity index (χ3n) is 1.74. The smallest absolute Gasteiger partial charge is 0.0717 e. The van der Waals surface area contributed by atoms with Crippen LogP contribution in [0.3, 0.4) is 0 Å². The summed E-state index contributed by atoms with van der Waals surface area (Å²) in [5.41, 5.74) is 2.13. The fraction of sp³-hybridized carbons (Fsp3) is 0.500. The first-order chi connectivity index (χ1) is 5.75. The molecule has 0 atom stereocenters. The maximum absolute atomic E-state index is 4.32. The minimum Gasteiger partial charge on any atom is -0.258 e. The van der Waals surface area contributed by atoms with Crippen molar-refractivity contribution in [1.29, 1.82) is 0 Å². The van der Waals surface area contributed by atoms with Gasteiger partial charge in [-0.25, -0.2) is 4.99 Å². The second kappa shape index (κ2) is 4.03. The number of nitrogens with zero attached hydrogens (tertiary/aromatic N) is 2. The van der Waals surface area contributed by atoms with E-state index in [1.165, 1.54) is 0 Å². The lowest BCUT2D eigenvalue weighted by Crippen LogP contribution is -1.95. The molecule has 0 unspecified atom stereocenters. The van der Waals surface area contributed by atoms with E-state index in [1.807, 2.05) is 0 Å². The first kappa shape index (κ1) is 8.95. The SMILES string of the molecule is CCC1=C(C(C)C)N=CC=C=N1. The summed E-state index contributed by atoms with van der Waals surface area (Å²) in [4.78, 5) is 8.51. The highest BCUT2D eigenvalue weighted by atomic mass is 14.8. The minimum absolute atomic E-state index is 0.438. The van der Waals surface area contributed by atoms with E-state index in [0.29, 0.717) is 5.92 Å². The van der Waals surface area contributed by atoms with Crippen LogP contribution in [0.5, 0.6) is 0 Å². The van der Waals surface area contributed by atoms with E-state index < -0.39 is 0 Å². The molecular weight excluding hydrogens is 148 g/mol. The van der Waals surface area contributed by atoms with Crippen LogP contribution in [0, 0.1) is 5.92 Å². The zero-order chi connectivity index (χ0) is 8.97. The topological polar surface area (TPSA) is 24.7 Å². The van der Waals surface area contributed by atoms with Crippen LogP contribution < -0.4 is 0 Å². The molecule has 0 amide bonds. The summed E-state index contributed by atoms with van der Waals surface area (Å²) in [5, 5.41) is 0. The predicted octanol–water partition coefficient (Wildman–Crippen LogP) is 2.57. The Morgan fingerprint density at radius 2 is 2.25 bits per heavy atom. The Morgan fingerprint density at radius 3 is 2.83 bits per heavy atom. The molecule has 0 aromatic heterocycles. The van der Waals surface area contributed by atoms with Gasteiger partial charge in [-0.3, -0.25) is 4.99 Å². The minimum atomic E-state index is 0.438. The van der Waals surface area contributed by atoms with Gasteiger partial charge in [0.15, 0.2) is 0 Å². The lowest BCUT2D eigenvalue weighted by molar-refractivity contribution is 0.735. The van der Waals surface area contributed by atoms with Crippen LogP contribution in [0.1, 0.15) is 27.2 Å². The van der Waals surface area contributed by atoms with Crippen molar-refractivity contribution in [3.63, 3.8) is 0 Å². The molecule has 1 heterocycles. The van der Waals surface area contributed by atoms with Gasteiger partial charge in [-0.05, 0) is 18.2 Å². The Labute approximate surface area is 73.4 Å². The van der Waals surface area contributed by atoms with Crippen LogP contribution in [-0.2, 0) is 0 Å². The third kappa shape index (κ3) is 1.93. The molecule has 0 aromatic carbocycles. The zero-order valence-electron chi connectivity index (χ0n) is 7.83. The standard InChI is InChI=1S/C10H14N2/c1-4-9-10(8(2)3)12-7-5-6-11-9/h5,7-8H,4H2,1-3H3. The number of aliphatic imine (C=N–C) groups is 2. The number of hydrogen-bond acceptors (Lipinski definition) is 2. The molecule has 0 fully saturated rings. The molecule has 0 spiro atoms. The van der Waals surface area contributed by atoms with Crippen molar-refractivity contribution in [2.75, 3.05) is 0 Å². The normalized spacial score (nSPS) is 16.0. The van der Waals surface area contributed by atoms with Crippen molar-refractivity contribution in [1.82, 2.24) is 0 Å². The Hall–Kier alpha value is -1.14. The second-order valence-corrected chi connectivity index (χ2v) is 3.03. The summed E-state index contributed by atoms with van der Waals surface area (Å²) in [6.45, 7) is 6.34. The first-order valence-electron chi connectivity index (χ1n) is 4.31. The van der Waals surface area contributed by atoms with Gasteiger partial charge in [0.05, 0.1) is 11.4 Å². The zero-order valence-corrected chi connectivity index (χ0v) is 7.83. The maximum Gasteiger partial charge on any atom is 0.0717 e. The largest absolute Gasteiger partial charge is 0.258 e. The highest BCUT2D eigenvalue weighted by Gasteiger charge is 2.07. The molecule has 1 aliphatic heterocycles. The first-order valence-corrected chi connectivity index (χ1v) is 4.31. The molecule has 1 rings (SSSR count). The van der Waals surface area contributed by atoms with Crippen LogP contribution in [-0.4, -0.2) is 12.1 Å². The molecule has 0 aliphatic carbocycles. The van der Waals surface area contributed by atoms with Gasteiger partial charge in [-0.15, -0.1) is 0 Å². The molecule has 1 aliphatic rings. The number of rotatable bonds is 2. The summed E-state index contributed by atoms with van der Waals surface area (Å²) < 4.78 is 0. The Morgan fingerprint density at radius 1 is 1.50 bits per heavy atom. The van der Waals surface area contributed by atoms with Gasteiger partial charge in [0, 0.05) is 12.3 Å². The van der Waals surface area contributed by atoms with Gasteiger partial charge in [0.25, 0.3) is 0 Å². The van der Waals surface area contributed by atoms with Crippen LogP contribution >= 0.6 is 0 Å². The molecule has 0 aromatic rings. The van der Waals surface area contributed by atoms with Crippen molar-refractivity contribution in [2.24, 2.45) is 15.9 Å². The monoisotopic (exact) mass is 162 g/mol. The Balaban J connectivity index is 3.06. The van der Waals surface area contributed by atoms with Gasteiger partial charge >= 0.3 is 0 Å². The molecule has 0 saturated heterocycles. The highest BCUT2D eigenvalue weighted by Crippen LogP contribution is 2.19. The van der Waals surface area contributed by atoms with Crippen molar-refractivity contribution >= 4 is 12.1 Å². The summed E-state index contributed by atoms with van der Waals surface area (Å²) in [6, 6.07) is 0. The molecule has 0 N–H and O–H groups in total. The second-order valence-electron chi connectivity index (χ2n) is 3.03. The Kier molecular flexibility index (Phi) is 3.01. The van der Waals surface area contributed by atoms with E-state index in [9.17, 15) is 0 Å². The van der Waals surface area contributed by atoms with Crippen molar-refractivity contribution < 1.29 is 0 Å². The summed E-state index contributed by atoms with van der Waals surface area (Å²) in [6.07, 6.45) is 4.41. The van der Waals surface area contributed by atoms with E-state index in [4.69, 9.17) is 0 Å². The van der Waals surface area contributed by atoms with E-state index >= 15 is 0 Å². The van der Waals surface area contributed by atoms with Gasteiger partial charge in [0.1, 0.15) is 0 Å². The number of hydrogen-bond donors (Lipinski definition) is 0. The van der Waals surface area contributed by atoms with Gasteiger partial charge in [-0.1, -0.05) is 20.8 Å². The average molecular weight is 162 g/mol. The van der Waals surface area contributed by atoms with Crippen molar-refractivity contribution in [3.05, 3.63) is 17.5 Å². The molecule has 12 heavy (non-hydrogen) atoms. The lowest BCUT2D eigenvalue weighted by atomic mass is 10.1. The predicted molar refractivity (Wildman–Crippen MR) is 52.7 cm³/mol. The van der Waals surface area contributed by atoms with Gasteiger partial charge in [0.2, 0.25) is 0 Å². The van der Waals surface area contributed by atoms with E-state index in [0.717, 1.165) is 17.8 Å². The fourth-order valence-corrected chi connectivity index (χ4v) is 1.14. The number of allylic oxidation sites excluding steroid dienone is 3. The van der Waals surface area contributed by atoms with E-state index in [-0.39, 0.29) is 0 Å². The van der Waals surface area contributed by atoms with Crippen LogP contribution in [0.4, 0.5) is 0 Å². The van der Waals surface area contributed by atoms with E-state index in [2.05, 4.69) is 36.6 Å². The molecule has 2 heteroatoms.